The number of hydrogen-bond acceptors (Lipinski definition) is 5. The van der Waals surface area contributed by atoms with Crippen LogP contribution in [0.3, 0.4) is 0 Å². The van der Waals surface area contributed by atoms with Gasteiger partial charge in [-0.1, -0.05) is 30.3 Å². The molecule has 3 atom stereocenters. The van der Waals surface area contributed by atoms with Crippen molar-refractivity contribution < 1.29 is 4.74 Å². The molecule has 40 heavy (non-hydrogen) atoms. The Bertz CT molecular complexity index is 1710. The first kappa shape index (κ1) is 24.3. The fourth-order valence-corrected chi connectivity index (χ4v) is 7.33. The lowest BCUT2D eigenvalue weighted by Crippen LogP contribution is -2.15. The van der Waals surface area contributed by atoms with E-state index in [9.17, 15) is 0 Å². The molecule has 1 aliphatic carbocycles. The first-order valence-electron chi connectivity index (χ1n) is 14.8. The zero-order chi connectivity index (χ0) is 26.6. The van der Waals surface area contributed by atoms with Gasteiger partial charge in [-0.2, -0.15) is 0 Å². The maximum absolute atomic E-state index is 5.37. The molecule has 3 unspecified atom stereocenters. The van der Waals surface area contributed by atoms with E-state index in [1.165, 1.54) is 51.4 Å². The third kappa shape index (κ3) is 4.07. The second-order valence-electron chi connectivity index (χ2n) is 11.8. The predicted molar refractivity (Wildman–Crippen MR) is 159 cm³/mol. The molecule has 0 bridgehead atoms. The van der Waals surface area contributed by atoms with E-state index < -0.39 is 0 Å². The largest absolute Gasteiger partial charge is 0.384 e. The number of fused-ring (bicyclic) bond motifs is 4. The van der Waals surface area contributed by atoms with Gasteiger partial charge in [0.1, 0.15) is 11.6 Å². The van der Waals surface area contributed by atoms with Gasteiger partial charge in [0.15, 0.2) is 0 Å². The number of aromatic nitrogens is 4. The van der Waals surface area contributed by atoms with E-state index >= 15 is 0 Å². The van der Waals surface area contributed by atoms with Gasteiger partial charge in [0.2, 0.25) is 0 Å². The van der Waals surface area contributed by atoms with Crippen LogP contribution in [0.2, 0.25) is 0 Å². The van der Waals surface area contributed by atoms with Crippen LogP contribution in [0.1, 0.15) is 60.5 Å². The average Bonchev–Trinajstić information content (AvgIpc) is 3.81. The minimum absolute atomic E-state index is 0.269. The van der Waals surface area contributed by atoms with Crippen molar-refractivity contribution in [1.29, 1.82) is 0 Å². The van der Waals surface area contributed by atoms with E-state index in [-0.39, 0.29) is 6.04 Å². The molecule has 2 fully saturated rings. The molecule has 0 amide bonds. The summed E-state index contributed by atoms with van der Waals surface area (Å²) in [5, 5.41) is 9.64. The van der Waals surface area contributed by atoms with Crippen LogP contribution in [0.5, 0.6) is 0 Å². The van der Waals surface area contributed by atoms with Crippen LogP contribution in [0.15, 0.2) is 48.7 Å². The molecule has 8 rings (SSSR count). The predicted octanol–water partition coefficient (Wildman–Crippen LogP) is 5.98. The molecule has 7 nitrogen and oxygen atoms in total. The molecular weight excluding hydrogens is 496 g/mol. The molecule has 2 aliphatic heterocycles. The van der Waals surface area contributed by atoms with E-state index in [4.69, 9.17) is 14.7 Å². The Balaban J connectivity index is 1.12. The van der Waals surface area contributed by atoms with Gasteiger partial charge in [-0.25, -0.2) is 9.97 Å². The van der Waals surface area contributed by atoms with Gasteiger partial charge in [0, 0.05) is 24.6 Å². The molecule has 3 aromatic carbocycles. The summed E-state index contributed by atoms with van der Waals surface area (Å²) < 4.78 is 5.37. The number of hydrogen-bond donors (Lipinski definition) is 4. The number of nitrogens with one attached hydrogen (secondary N) is 4. The number of rotatable bonds is 6. The molecule has 3 aliphatic rings. The highest BCUT2D eigenvalue weighted by Gasteiger charge is 2.28. The van der Waals surface area contributed by atoms with E-state index in [0.717, 1.165) is 73.8 Å². The quantitative estimate of drug-likeness (QED) is 0.216. The molecular formula is C33H36N6O. The van der Waals surface area contributed by atoms with Gasteiger partial charge in [-0.05, 0) is 90.8 Å². The zero-order valence-electron chi connectivity index (χ0n) is 23.0. The average molecular weight is 533 g/mol. The third-order valence-corrected chi connectivity index (χ3v) is 9.31. The molecule has 204 valence electrons. The Kier molecular flexibility index (Phi) is 5.97. The molecule has 0 spiro atoms. The van der Waals surface area contributed by atoms with Crippen molar-refractivity contribution in [2.45, 2.75) is 50.6 Å². The summed E-state index contributed by atoms with van der Waals surface area (Å²) in [4.78, 5) is 17.0. The second-order valence-corrected chi connectivity index (χ2v) is 11.8. The Morgan fingerprint density at radius 1 is 0.900 bits per heavy atom. The topological polar surface area (TPSA) is 90.7 Å². The maximum Gasteiger partial charge on any atom is 0.124 e. The van der Waals surface area contributed by atoms with Crippen LogP contribution >= 0.6 is 0 Å². The van der Waals surface area contributed by atoms with Crippen molar-refractivity contribution in [3.8, 4) is 22.4 Å². The number of imidazole rings is 2. The van der Waals surface area contributed by atoms with Crippen molar-refractivity contribution in [3.05, 3.63) is 71.4 Å². The van der Waals surface area contributed by atoms with E-state index in [2.05, 4.69) is 63.1 Å². The number of aromatic amines is 2. The highest BCUT2D eigenvalue weighted by Crippen LogP contribution is 2.40. The molecule has 0 radical (unpaired) electrons. The summed E-state index contributed by atoms with van der Waals surface area (Å²) in [7, 11) is 1.78. The van der Waals surface area contributed by atoms with Gasteiger partial charge in [-0.3, -0.25) is 0 Å². The monoisotopic (exact) mass is 532 g/mol. The molecule has 4 N–H and O–H groups in total. The normalized spacial score (nSPS) is 22.6. The number of methoxy groups -OCH3 is 1. The van der Waals surface area contributed by atoms with Crippen molar-refractivity contribution in [2.75, 3.05) is 26.8 Å². The second kappa shape index (κ2) is 9.84. The van der Waals surface area contributed by atoms with Gasteiger partial charge in [0.25, 0.3) is 0 Å². The maximum atomic E-state index is 5.37. The summed E-state index contributed by atoms with van der Waals surface area (Å²) >= 11 is 0. The number of nitrogens with zero attached hydrogens (tertiary/aromatic N) is 2. The lowest BCUT2D eigenvalue weighted by Gasteiger charge is -2.14. The van der Waals surface area contributed by atoms with E-state index in [0.29, 0.717) is 12.0 Å². The van der Waals surface area contributed by atoms with E-state index in [1.54, 1.807) is 7.11 Å². The Morgan fingerprint density at radius 2 is 1.80 bits per heavy atom. The summed E-state index contributed by atoms with van der Waals surface area (Å²) in [5.74, 6) is 2.65. The molecule has 2 saturated heterocycles. The fourth-order valence-electron chi connectivity index (χ4n) is 7.33. The van der Waals surface area contributed by atoms with Gasteiger partial charge in [0.05, 0.1) is 41.6 Å². The molecule has 7 heteroatoms. The van der Waals surface area contributed by atoms with Crippen molar-refractivity contribution in [2.24, 2.45) is 5.92 Å². The lowest BCUT2D eigenvalue weighted by atomic mass is 9.91. The molecule has 4 heterocycles. The van der Waals surface area contributed by atoms with Crippen LogP contribution in [0.25, 0.3) is 44.2 Å². The fraction of sp³-hybridized carbons (Fsp3) is 0.394. The summed E-state index contributed by atoms with van der Waals surface area (Å²) in [5.41, 5.74) is 10.2. The van der Waals surface area contributed by atoms with Crippen molar-refractivity contribution in [1.82, 2.24) is 30.6 Å². The van der Waals surface area contributed by atoms with Crippen LogP contribution in [0, 0.1) is 5.92 Å². The lowest BCUT2D eigenvalue weighted by molar-refractivity contribution is 0.159. The Morgan fingerprint density at radius 3 is 2.67 bits per heavy atom. The van der Waals surface area contributed by atoms with Crippen LogP contribution in [-0.2, 0) is 17.6 Å². The van der Waals surface area contributed by atoms with Crippen LogP contribution < -0.4 is 10.6 Å². The van der Waals surface area contributed by atoms with Crippen LogP contribution in [-0.4, -0.2) is 46.7 Å². The smallest absolute Gasteiger partial charge is 0.124 e. The Labute approximate surface area is 234 Å². The summed E-state index contributed by atoms with van der Waals surface area (Å²) in [6, 6.07) is 16.6. The first-order valence-corrected chi connectivity index (χ1v) is 14.8. The van der Waals surface area contributed by atoms with Gasteiger partial charge < -0.3 is 25.3 Å². The summed E-state index contributed by atoms with van der Waals surface area (Å²) in [6.45, 7) is 2.85. The van der Waals surface area contributed by atoms with E-state index in [1.807, 2.05) is 6.20 Å². The zero-order valence-corrected chi connectivity index (χ0v) is 23.0. The highest BCUT2D eigenvalue weighted by molar-refractivity contribution is 6.05. The van der Waals surface area contributed by atoms with Crippen molar-refractivity contribution >= 4 is 21.8 Å². The molecule has 0 saturated carbocycles. The highest BCUT2D eigenvalue weighted by atomic mass is 16.5. The third-order valence-electron chi connectivity index (χ3n) is 9.31. The van der Waals surface area contributed by atoms with Crippen molar-refractivity contribution in [3.63, 3.8) is 0 Å². The SMILES string of the molecule is COCC1CNC(c2ncc(-c3ccc(-c4ccc5c(ccc6[nH]c(C7CCCN7)nc65)c4)c4c3CCC4)[nH]2)C1. The Hall–Kier alpha value is -3.52. The standard InChI is InChI=1S/C33H36N6O/c1-40-18-19-14-29(35-16-19)32-36-17-30(38-32)26-11-10-22(24-4-2-5-25(24)26)20-7-9-23-21(15-20)8-12-27-31(23)39-33(37-27)28-6-3-13-34-28/h7-12,15,17,19,28-29,34-35H,2-6,13-14,16,18H2,1H3,(H,36,38)(H,37,39). The summed E-state index contributed by atoms with van der Waals surface area (Å²) in [6.07, 6.45) is 8.87. The minimum Gasteiger partial charge on any atom is -0.384 e. The van der Waals surface area contributed by atoms with Gasteiger partial charge >= 0.3 is 0 Å². The minimum atomic E-state index is 0.269. The number of ether oxygens (including phenoxy) is 1. The first-order chi connectivity index (χ1) is 19.7. The van der Waals surface area contributed by atoms with Crippen LogP contribution in [0.4, 0.5) is 0 Å². The van der Waals surface area contributed by atoms with Gasteiger partial charge in [-0.15, -0.1) is 0 Å². The molecule has 5 aromatic rings. The molecule has 2 aromatic heterocycles. The number of benzene rings is 3. The number of H-pyrrole nitrogens is 2.